The van der Waals surface area contributed by atoms with Crippen molar-refractivity contribution in [3.8, 4) is 11.5 Å². The maximum Gasteiger partial charge on any atom is 0.393 e. The second kappa shape index (κ2) is 16.3. The second-order valence-corrected chi connectivity index (χ2v) is 14.0. The molecule has 0 saturated heterocycles. The summed E-state index contributed by atoms with van der Waals surface area (Å²) in [4.78, 5) is 2.05. The molecule has 1 aliphatic carbocycles. The van der Waals surface area contributed by atoms with Gasteiger partial charge in [0.1, 0.15) is 11.5 Å². The monoisotopic (exact) mass is 645 g/mol. The molecule has 246 valence electrons. The van der Waals surface area contributed by atoms with E-state index in [0.29, 0.717) is 50.9 Å². The van der Waals surface area contributed by atoms with Gasteiger partial charge < -0.3 is 24.8 Å². The number of hydrogen-bond donors (Lipinski definition) is 3. The van der Waals surface area contributed by atoms with Crippen LogP contribution in [-0.4, -0.2) is 67.7 Å². The van der Waals surface area contributed by atoms with Crippen LogP contribution in [0.1, 0.15) is 88.3 Å². The Labute approximate surface area is 260 Å². The SMILES string of the molecule is CC(C)(O)CN(CCCCCCC1=C(c2ccc(F)c(O)c2)CCCc2cc(O)c(F)cc21)CCC[S+]([O-])CCC(F)(F)F. The van der Waals surface area contributed by atoms with Gasteiger partial charge in [-0.05, 0) is 111 Å². The molecule has 5 nitrogen and oxygen atoms in total. The van der Waals surface area contributed by atoms with Gasteiger partial charge in [0.05, 0.1) is 12.0 Å². The van der Waals surface area contributed by atoms with Crippen molar-refractivity contribution < 1.29 is 41.8 Å². The van der Waals surface area contributed by atoms with Gasteiger partial charge in [-0.1, -0.05) is 30.1 Å². The fourth-order valence-electron chi connectivity index (χ4n) is 5.76. The van der Waals surface area contributed by atoms with Crippen LogP contribution in [0.3, 0.4) is 0 Å². The normalized spacial score (nSPS) is 15.0. The first-order valence-electron chi connectivity index (χ1n) is 15.2. The third-order valence-corrected chi connectivity index (χ3v) is 9.15. The minimum Gasteiger partial charge on any atom is -0.616 e. The smallest absolute Gasteiger partial charge is 0.393 e. The molecule has 3 N–H and O–H groups in total. The highest BCUT2D eigenvalue weighted by Crippen LogP contribution is 2.41. The summed E-state index contributed by atoms with van der Waals surface area (Å²) in [5, 5.41) is 30.3. The highest BCUT2D eigenvalue weighted by atomic mass is 32.2. The van der Waals surface area contributed by atoms with Gasteiger partial charge in [0.25, 0.3) is 0 Å². The van der Waals surface area contributed by atoms with Crippen LogP contribution < -0.4 is 0 Å². The summed E-state index contributed by atoms with van der Waals surface area (Å²) in [6, 6.07) is 7.07. The lowest BCUT2D eigenvalue weighted by atomic mass is 9.88. The van der Waals surface area contributed by atoms with Crippen molar-refractivity contribution in [3.05, 3.63) is 58.7 Å². The molecule has 3 rings (SSSR count). The van der Waals surface area contributed by atoms with Crippen molar-refractivity contribution in [2.75, 3.05) is 31.1 Å². The Morgan fingerprint density at radius 2 is 1.55 bits per heavy atom. The number of aliphatic hydroxyl groups is 1. The van der Waals surface area contributed by atoms with E-state index in [-0.39, 0.29) is 5.75 Å². The average Bonchev–Trinajstić information content (AvgIpc) is 3.09. The van der Waals surface area contributed by atoms with Crippen molar-refractivity contribution in [3.63, 3.8) is 0 Å². The van der Waals surface area contributed by atoms with E-state index in [9.17, 15) is 41.8 Å². The van der Waals surface area contributed by atoms with Gasteiger partial charge in [-0.2, -0.15) is 13.2 Å². The lowest BCUT2D eigenvalue weighted by Gasteiger charge is -2.29. The largest absolute Gasteiger partial charge is 0.616 e. The molecule has 0 aromatic heterocycles. The van der Waals surface area contributed by atoms with Gasteiger partial charge in [-0.3, -0.25) is 0 Å². The van der Waals surface area contributed by atoms with E-state index in [1.807, 2.05) is 0 Å². The first kappa shape index (κ1) is 36.1. The Morgan fingerprint density at radius 3 is 2.23 bits per heavy atom. The molecule has 2 aromatic carbocycles. The van der Waals surface area contributed by atoms with Crippen LogP contribution in [0.2, 0.25) is 0 Å². The molecule has 0 bridgehead atoms. The molecule has 0 amide bonds. The first-order chi connectivity index (χ1) is 20.6. The minimum atomic E-state index is -4.32. The Bertz CT molecular complexity index is 1260. The molecule has 0 fully saturated rings. The molecule has 2 aromatic rings. The third-order valence-electron chi connectivity index (χ3n) is 7.75. The lowest BCUT2D eigenvalue weighted by Crippen LogP contribution is -2.40. The highest BCUT2D eigenvalue weighted by Gasteiger charge is 2.29. The predicted octanol–water partition coefficient (Wildman–Crippen LogP) is 7.74. The molecule has 0 aliphatic heterocycles. The van der Waals surface area contributed by atoms with E-state index in [4.69, 9.17) is 0 Å². The van der Waals surface area contributed by atoms with Crippen LogP contribution in [0, 0.1) is 11.6 Å². The van der Waals surface area contributed by atoms with Gasteiger partial charge in [0.2, 0.25) is 0 Å². The highest BCUT2D eigenvalue weighted by molar-refractivity contribution is 7.91. The van der Waals surface area contributed by atoms with E-state index >= 15 is 0 Å². The van der Waals surface area contributed by atoms with Gasteiger partial charge >= 0.3 is 6.18 Å². The summed E-state index contributed by atoms with van der Waals surface area (Å²) < 4.78 is 77.5. The fraction of sp³-hybridized carbons (Fsp3) is 0.576. The van der Waals surface area contributed by atoms with Crippen LogP contribution in [0.15, 0.2) is 30.3 Å². The van der Waals surface area contributed by atoms with Crippen LogP contribution in [0.25, 0.3) is 11.1 Å². The molecule has 0 spiro atoms. The molecule has 0 radical (unpaired) electrons. The average molecular weight is 646 g/mol. The maximum atomic E-state index is 14.5. The summed E-state index contributed by atoms with van der Waals surface area (Å²) in [7, 11) is 0. The standard InChI is InChI=1S/C33H44F5NO4S/c1-32(2,42)22-39(16-8-17-44(43)18-14-33(36,37)38)15-6-4-3-5-10-26-25(24-12-13-28(34)30(40)20-24)11-7-9-23-19-31(41)29(35)21-27(23)26/h12-13,19-21,40-42H,3-11,14-18,22H2,1-2H3. The lowest BCUT2D eigenvalue weighted by molar-refractivity contribution is -0.129. The Hall–Kier alpha value is -2.34. The number of phenols is 2. The number of rotatable bonds is 16. The Morgan fingerprint density at radius 1 is 0.864 bits per heavy atom. The molecule has 0 heterocycles. The number of aryl methyl sites for hydroxylation is 1. The van der Waals surface area contributed by atoms with Gasteiger partial charge in [-0.15, -0.1) is 0 Å². The number of aromatic hydroxyl groups is 2. The van der Waals surface area contributed by atoms with Gasteiger partial charge in [0, 0.05) is 19.5 Å². The van der Waals surface area contributed by atoms with Crippen molar-refractivity contribution in [2.45, 2.75) is 89.8 Å². The van der Waals surface area contributed by atoms with Gasteiger partial charge in [0.15, 0.2) is 23.1 Å². The number of unbranched alkanes of at least 4 members (excludes halogenated alkanes) is 3. The van der Waals surface area contributed by atoms with Crippen molar-refractivity contribution in [1.29, 1.82) is 0 Å². The van der Waals surface area contributed by atoms with Gasteiger partial charge in [-0.25, -0.2) is 8.78 Å². The quantitative estimate of drug-likeness (QED) is 0.0988. The van der Waals surface area contributed by atoms with E-state index in [0.717, 1.165) is 54.4 Å². The molecule has 0 saturated carbocycles. The molecule has 1 unspecified atom stereocenters. The van der Waals surface area contributed by atoms with Crippen LogP contribution >= 0.6 is 0 Å². The van der Waals surface area contributed by atoms with Crippen LogP contribution in [0.5, 0.6) is 11.5 Å². The second-order valence-electron chi connectivity index (χ2n) is 12.3. The number of benzene rings is 2. The Balaban J connectivity index is 1.61. The third kappa shape index (κ3) is 11.9. The number of phenolic OH excluding ortho intramolecular Hbond substituents is 2. The first-order valence-corrected chi connectivity index (χ1v) is 16.7. The topological polar surface area (TPSA) is 87.0 Å². The minimum absolute atomic E-state index is 0.182. The number of alkyl halides is 3. The van der Waals surface area contributed by atoms with E-state index in [2.05, 4.69) is 4.90 Å². The number of hydrogen-bond acceptors (Lipinski definition) is 5. The van der Waals surface area contributed by atoms with E-state index in [1.165, 1.54) is 24.3 Å². The van der Waals surface area contributed by atoms with E-state index in [1.54, 1.807) is 19.9 Å². The van der Waals surface area contributed by atoms with Crippen molar-refractivity contribution in [1.82, 2.24) is 4.90 Å². The summed E-state index contributed by atoms with van der Waals surface area (Å²) in [6.07, 6.45) is 1.13. The number of fused-ring (bicyclic) bond motifs is 1. The zero-order valence-electron chi connectivity index (χ0n) is 25.5. The van der Waals surface area contributed by atoms with E-state index < -0.39 is 58.3 Å². The fourth-order valence-corrected chi connectivity index (χ4v) is 6.87. The van der Waals surface area contributed by atoms with Crippen LogP contribution in [0.4, 0.5) is 22.0 Å². The summed E-state index contributed by atoms with van der Waals surface area (Å²) in [5.74, 6) is -2.47. The zero-order chi connectivity index (χ0) is 32.5. The van der Waals surface area contributed by atoms with Crippen molar-refractivity contribution in [2.24, 2.45) is 0 Å². The van der Waals surface area contributed by atoms with Crippen LogP contribution in [-0.2, 0) is 17.6 Å². The summed E-state index contributed by atoms with van der Waals surface area (Å²) in [6.45, 7) is 4.98. The zero-order valence-corrected chi connectivity index (χ0v) is 26.3. The molecular weight excluding hydrogens is 601 g/mol. The summed E-state index contributed by atoms with van der Waals surface area (Å²) >= 11 is -1.54. The molecule has 1 aliphatic rings. The summed E-state index contributed by atoms with van der Waals surface area (Å²) in [5.41, 5.74) is 3.14. The number of allylic oxidation sites excluding steroid dienone is 2. The molecule has 44 heavy (non-hydrogen) atoms. The molecule has 1 atom stereocenters. The molecular formula is C33H44F5NO4S. The predicted molar refractivity (Wildman–Crippen MR) is 165 cm³/mol. The maximum absolute atomic E-state index is 14.5. The number of nitrogens with zero attached hydrogens (tertiary/aromatic N) is 1. The number of halogens is 5. The molecule has 11 heteroatoms. The Kier molecular flexibility index (Phi) is 13.4. The van der Waals surface area contributed by atoms with Crippen molar-refractivity contribution >= 4 is 22.3 Å².